The average Bonchev–Trinajstić information content (AvgIpc) is 2.91. The molecule has 0 bridgehead atoms. The number of benzene rings is 1. The summed E-state index contributed by atoms with van der Waals surface area (Å²) in [5, 5.41) is 3.22. The molecule has 1 N–H and O–H groups in total. The Labute approximate surface area is 183 Å². The van der Waals surface area contributed by atoms with Crippen molar-refractivity contribution in [2.75, 3.05) is 10.2 Å². The largest absolute Gasteiger partial charge is 0.501 e. The van der Waals surface area contributed by atoms with Gasteiger partial charge in [0.25, 0.3) is 15.7 Å². The molecule has 1 unspecified atom stereocenters. The summed E-state index contributed by atoms with van der Waals surface area (Å²) in [7, 11) is -5.53. The summed E-state index contributed by atoms with van der Waals surface area (Å²) >= 11 is 0. The normalized spacial score (nSPS) is 17.4. The molecule has 32 heavy (non-hydrogen) atoms. The number of alkyl halides is 3. The Hall–Kier alpha value is -3.15. The number of carbonyl (C=O) groups is 2. The standard InChI is InChI=1S/C20H21F3N4O4S/c1-12(2)25-17-10-24-9-8-14(17)11-26-13(3)18(28)27(19(26)29)15-4-6-16(7-5-15)32(30,31)20(21,22)23/h4-10,12-13,25H,11H2,1-3H3. The smallest absolute Gasteiger partial charge is 0.381 e. The van der Waals surface area contributed by atoms with Crippen molar-refractivity contribution in [2.24, 2.45) is 0 Å². The molecule has 0 saturated carbocycles. The summed E-state index contributed by atoms with van der Waals surface area (Å²) in [5.41, 5.74) is -4.04. The van der Waals surface area contributed by atoms with E-state index in [1.54, 1.807) is 25.4 Å². The van der Waals surface area contributed by atoms with Crippen LogP contribution in [-0.4, -0.2) is 47.8 Å². The van der Waals surface area contributed by atoms with Crippen molar-refractivity contribution in [3.63, 3.8) is 0 Å². The molecule has 172 valence electrons. The van der Waals surface area contributed by atoms with Crippen molar-refractivity contribution in [1.82, 2.24) is 9.88 Å². The van der Waals surface area contributed by atoms with E-state index in [0.717, 1.165) is 34.7 Å². The number of carbonyl (C=O) groups excluding carboxylic acids is 2. The van der Waals surface area contributed by atoms with Crippen molar-refractivity contribution >= 4 is 33.2 Å². The molecule has 0 radical (unpaired) electrons. The zero-order chi connectivity index (χ0) is 23.8. The maximum Gasteiger partial charge on any atom is 0.501 e. The third-order valence-electron chi connectivity index (χ3n) is 4.89. The number of imide groups is 1. The monoisotopic (exact) mass is 470 g/mol. The van der Waals surface area contributed by atoms with E-state index in [-0.39, 0.29) is 18.3 Å². The van der Waals surface area contributed by atoms with Crippen LogP contribution in [0.15, 0.2) is 47.6 Å². The van der Waals surface area contributed by atoms with Crippen LogP contribution in [0.2, 0.25) is 0 Å². The van der Waals surface area contributed by atoms with Gasteiger partial charge in [-0.25, -0.2) is 18.1 Å². The van der Waals surface area contributed by atoms with E-state index < -0.39 is 38.2 Å². The number of nitrogens with zero attached hydrogens (tertiary/aromatic N) is 3. The Kier molecular flexibility index (Phi) is 6.18. The molecule has 1 aromatic carbocycles. The van der Waals surface area contributed by atoms with Crippen molar-refractivity contribution in [3.8, 4) is 0 Å². The van der Waals surface area contributed by atoms with Gasteiger partial charge in [0.2, 0.25) is 0 Å². The number of nitrogens with one attached hydrogen (secondary N) is 1. The molecular weight excluding hydrogens is 449 g/mol. The van der Waals surface area contributed by atoms with Gasteiger partial charge in [-0.3, -0.25) is 9.78 Å². The predicted molar refractivity (Wildman–Crippen MR) is 111 cm³/mol. The Bertz CT molecular complexity index is 1130. The number of anilines is 2. The molecule has 1 aliphatic rings. The van der Waals surface area contributed by atoms with Crippen molar-refractivity contribution in [3.05, 3.63) is 48.3 Å². The summed E-state index contributed by atoms with van der Waals surface area (Å²) in [4.78, 5) is 31.0. The van der Waals surface area contributed by atoms with Crippen LogP contribution in [-0.2, 0) is 21.2 Å². The van der Waals surface area contributed by atoms with Gasteiger partial charge in [0.05, 0.1) is 29.0 Å². The SMILES string of the molecule is CC(C)Nc1cnccc1CN1C(=O)N(c2ccc(S(=O)(=O)C(F)(F)F)cc2)C(=O)C1C. The van der Waals surface area contributed by atoms with Crippen LogP contribution in [0.5, 0.6) is 0 Å². The number of hydrogen-bond donors (Lipinski definition) is 1. The molecule has 8 nitrogen and oxygen atoms in total. The number of sulfone groups is 1. The number of urea groups is 1. The molecule has 1 saturated heterocycles. The Balaban J connectivity index is 1.87. The highest BCUT2D eigenvalue weighted by Crippen LogP contribution is 2.33. The number of aromatic nitrogens is 1. The molecular formula is C20H21F3N4O4S. The lowest BCUT2D eigenvalue weighted by molar-refractivity contribution is -0.119. The highest BCUT2D eigenvalue weighted by molar-refractivity contribution is 7.92. The molecule has 12 heteroatoms. The van der Waals surface area contributed by atoms with Crippen molar-refractivity contribution < 1.29 is 31.2 Å². The minimum Gasteiger partial charge on any atom is -0.381 e. The number of amides is 3. The van der Waals surface area contributed by atoms with Crippen LogP contribution in [0.4, 0.5) is 29.3 Å². The van der Waals surface area contributed by atoms with E-state index in [1.807, 2.05) is 13.8 Å². The third-order valence-corrected chi connectivity index (χ3v) is 6.39. The lowest BCUT2D eigenvalue weighted by Gasteiger charge is -2.22. The second-order valence-corrected chi connectivity index (χ2v) is 9.48. The first-order chi connectivity index (χ1) is 14.8. The van der Waals surface area contributed by atoms with Gasteiger partial charge in [-0.15, -0.1) is 0 Å². The zero-order valence-corrected chi connectivity index (χ0v) is 18.2. The van der Waals surface area contributed by atoms with Gasteiger partial charge >= 0.3 is 11.5 Å². The fourth-order valence-corrected chi connectivity index (χ4v) is 4.01. The summed E-state index contributed by atoms with van der Waals surface area (Å²) in [5.74, 6) is -0.575. The first-order valence-electron chi connectivity index (χ1n) is 9.60. The minimum absolute atomic E-state index is 0.0225. The molecule has 1 atom stereocenters. The fourth-order valence-electron chi connectivity index (χ4n) is 3.24. The summed E-state index contributed by atoms with van der Waals surface area (Å²) < 4.78 is 61.3. The Morgan fingerprint density at radius 3 is 2.31 bits per heavy atom. The van der Waals surface area contributed by atoms with Gasteiger partial charge in [0.1, 0.15) is 6.04 Å². The Morgan fingerprint density at radius 1 is 1.12 bits per heavy atom. The number of halogens is 3. The molecule has 3 rings (SSSR count). The highest BCUT2D eigenvalue weighted by Gasteiger charge is 2.47. The molecule has 2 heterocycles. The predicted octanol–water partition coefficient (Wildman–Crippen LogP) is 3.55. The molecule has 1 aliphatic heterocycles. The topological polar surface area (TPSA) is 99.7 Å². The van der Waals surface area contributed by atoms with E-state index in [0.29, 0.717) is 5.69 Å². The lowest BCUT2D eigenvalue weighted by Crippen LogP contribution is -2.33. The second kappa shape index (κ2) is 8.41. The number of pyridine rings is 1. The molecule has 0 spiro atoms. The van der Waals surface area contributed by atoms with Crippen LogP contribution in [0.25, 0.3) is 0 Å². The van der Waals surface area contributed by atoms with Gasteiger partial charge in [-0.1, -0.05) is 0 Å². The van der Waals surface area contributed by atoms with Crippen molar-refractivity contribution in [2.45, 2.75) is 49.8 Å². The van der Waals surface area contributed by atoms with Gasteiger partial charge in [0.15, 0.2) is 0 Å². The lowest BCUT2D eigenvalue weighted by atomic mass is 10.2. The van der Waals surface area contributed by atoms with Crippen LogP contribution >= 0.6 is 0 Å². The first kappa shape index (κ1) is 23.5. The number of rotatable bonds is 6. The third kappa shape index (κ3) is 4.27. The molecule has 1 fully saturated rings. The average molecular weight is 470 g/mol. The van der Waals surface area contributed by atoms with E-state index in [9.17, 15) is 31.2 Å². The summed E-state index contributed by atoms with van der Waals surface area (Å²) in [6.45, 7) is 5.52. The van der Waals surface area contributed by atoms with Gasteiger partial charge in [0, 0.05) is 12.2 Å². The molecule has 0 aliphatic carbocycles. The van der Waals surface area contributed by atoms with Gasteiger partial charge < -0.3 is 10.2 Å². The first-order valence-corrected chi connectivity index (χ1v) is 11.1. The molecule has 3 amide bonds. The Morgan fingerprint density at radius 2 is 1.75 bits per heavy atom. The molecule has 2 aromatic rings. The van der Waals surface area contributed by atoms with E-state index in [2.05, 4.69) is 10.3 Å². The van der Waals surface area contributed by atoms with Gasteiger partial charge in [-0.2, -0.15) is 13.2 Å². The van der Waals surface area contributed by atoms with Gasteiger partial charge in [-0.05, 0) is 56.7 Å². The van der Waals surface area contributed by atoms with E-state index in [4.69, 9.17) is 0 Å². The maximum absolute atomic E-state index is 13.0. The highest BCUT2D eigenvalue weighted by atomic mass is 32.2. The van der Waals surface area contributed by atoms with Crippen LogP contribution in [0, 0.1) is 0 Å². The minimum atomic E-state index is -5.53. The maximum atomic E-state index is 13.0. The zero-order valence-electron chi connectivity index (χ0n) is 17.4. The van der Waals surface area contributed by atoms with Crippen LogP contribution in [0.3, 0.4) is 0 Å². The van der Waals surface area contributed by atoms with E-state index >= 15 is 0 Å². The summed E-state index contributed by atoms with van der Waals surface area (Å²) in [6.07, 6.45) is 3.17. The van der Waals surface area contributed by atoms with Crippen LogP contribution in [0.1, 0.15) is 26.3 Å². The van der Waals surface area contributed by atoms with Crippen molar-refractivity contribution in [1.29, 1.82) is 0 Å². The quantitative estimate of drug-likeness (QED) is 0.649. The van der Waals surface area contributed by atoms with E-state index in [1.165, 1.54) is 4.90 Å². The summed E-state index contributed by atoms with van der Waals surface area (Å²) in [6, 6.07) is 3.77. The second-order valence-electron chi connectivity index (χ2n) is 7.54. The number of hydrogen-bond acceptors (Lipinski definition) is 6. The molecule has 1 aromatic heterocycles. The van der Waals surface area contributed by atoms with Crippen LogP contribution < -0.4 is 10.2 Å². The fraction of sp³-hybridized carbons (Fsp3) is 0.350.